The van der Waals surface area contributed by atoms with Crippen LogP contribution in [0.15, 0.2) is 24.3 Å². The molecular weight excluding hydrogens is 220 g/mol. The van der Waals surface area contributed by atoms with Gasteiger partial charge in [-0.3, -0.25) is 4.79 Å². The number of hydrogen-bond acceptors (Lipinski definition) is 1. The summed E-state index contributed by atoms with van der Waals surface area (Å²) in [4.78, 5) is 11.5. The van der Waals surface area contributed by atoms with Gasteiger partial charge in [-0.05, 0) is 54.4 Å². The molecule has 0 heterocycles. The molecule has 0 spiro atoms. The maximum atomic E-state index is 11.5. The number of ketones is 1. The van der Waals surface area contributed by atoms with Crippen LogP contribution in [0, 0.1) is 0 Å². The third-order valence-corrected chi connectivity index (χ3v) is 3.97. The lowest BCUT2D eigenvalue weighted by Crippen LogP contribution is -2.23. The van der Waals surface area contributed by atoms with Crippen LogP contribution >= 0.6 is 0 Å². The topological polar surface area (TPSA) is 17.1 Å². The van der Waals surface area contributed by atoms with Gasteiger partial charge >= 0.3 is 0 Å². The van der Waals surface area contributed by atoms with E-state index in [4.69, 9.17) is 0 Å². The molecule has 1 aliphatic rings. The van der Waals surface area contributed by atoms with Gasteiger partial charge in [-0.1, -0.05) is 39.0 Å². The minimum Gasteiger partial charge on any atom is -0.295 e. The predicted molar refractivity (Wildman–Crippen MR) is 77.0 cm³/mol. The van der Waals surface area contributed by atoms with Crippen molar-refractivity contribution in [2.75, 3.05) is 0 Å². The molecule has 18 heavy (non-hydrogen) atoms. The molecule has 0 fully saturated rings. The molecular formula is C17H22O. The highest BCUT2D eigenvalue weighted by molar-refractivity contribution is 5.95. The molecule has 1 nitrogen and oxygen atoms in total. The van der Waals surface area contributed by atoms with Gasteiger partial charge in [-0.25, -0.2) is 0 Å². The monoisotopic (exact) mass is 242 g/mol. The third-order valence-electron chi connectivity index (χ3n) is 3.97. The first kappa shape index (κ1) is 13.1. The molecule has 0 atom stereocenters. The van der Waals surface area contributed by atoms with Gasteiger partial charge in [-0.2, -0.15) is 0 Å². The Balaban J connectivity index is 2.60. The Bertz CT molecular complexity index is 506. The van der Waals surface area contributed by atoms with Gasteiger partial charge in [0.1, 0.15) is 0 Å². The van der Waals surface area contributed by atoms with Crippen molar-refractivity contribution in [3.8, 4) is 0 Å². The van der Waals surface area contributed by atoms with Gasteiger partial charge in [0.05, 0.1) is 0 Å². The minimum absolute atomic E-state index is 0.150. The Morgan fingerprint density at radius 1 is 1.39 bits per heavy atom. The molecule has 0 aromatic heterocycles. The lowest BCUT2D eigenvalue weighted by Gasteiger charge is -2.34. The van der Waals surface area contributed by atoms with Gasteiger partial charge in [-0.15, -0.1) is 0 Å². The van der Waals surface area contributed by atoms with Gasteiger partial charge < -0.3 is 0 Å². The zero-order chi connectivity index (χ0) is 13.3. The van der Waals surface area contributed by atoms with Crippen LogP contribution in [0.3, 0.4) is 0 Å². The largest absolute Gasteiger partial charge is 0.295 e. The second-order valence-corrected chi connectivity index (χ2v) is 5.84. The van der Waals surface area contributed by atoms with Crippen LogP contribution in [0.1, 0.15) is 68.4 Å². The number of allylic oxidation sites excluding steroid dienone is 2. The summed E-state index contributed by atoms with van der Waals surface area (Å²) in [6.07, 6.45) is 5.66. The molecule has 1 aliphatic carbocycles. The van der Waals surface area contributed by atoms with Gasteiger partial charge in [0.15, 0.2) is 5.78 Å². The van der Waals surface area contributed by atoms with E-state index in [1.165, 1.54) is 23.1 Å². The Labute approximate surface area is 110 Å². The summed E-state index contributed by atoms with van der Waals surface area (Å²) in [5.41, 5.74) is 5.14. The van der Waals surface area contributed by atoms with Crippen molar-refractivity contribution in [2.24, 2.45) is 0 Å². The molecule has 1 aromatic rings. The number of carbonyl (C=O) groups excluding carboxylic acids is 1. The highest BCUT2D eigenvalue weighted by Gasteiger charge is 2.29. The van der Waals surface area contributed by atoms with E-state index in [0.717, 1.165) is 18.4 Å². The van der Waals surface area contributed by atoms with Crippen molar-refractivity contribution in [1.29, 1.82) is 0 Å². The predicted octanol–water partition coefficient (Wildman–Crippen LogP) is 4.75. The van der Waals surface area contributed by atoms with Crippen LogP contribution in [0.2, 0.25) is 0 Å². The van der Waals surface area contributed by atoms with Crippen LogP contribution in [-0.4, -0.2) is 5.78 Å². The van der Waals surface area contributed by atoms with Crippen molar-refractivity contribution in [3.05, 3.63) is 41.0 Å². The highest BCUT2D eigenvalue weighted by atomic mass is 16.1. The van der Waals surface area contributed by atoms with Crippen molar-refractivity contribution >= 4 is 11.4 Å². The van der Waals surface area contributed by atoms with E-state index in [9.17, 15) is 4.79 Å². The number of carbonyl (C=O) groups is 1. The van der Waals surface area contributed by atoms with E-state index in [1.54, 1.807) is 6.92 Å². The Morgan fingerprint density at radius 2 is 2.11 bits per heavy atom. The molecule has 0 amide bonds. The van der Waals surface area contributed by atoms with Crippen molar-refractivity contribution in [3.63, 3.8) is 0 Å². The van der Waals surface area contributed by atoms with E-state index < -0.39 is 0 Å². The number of benzene rings is 1. The van der Waals surface area contributed by atoms with Crippen molar-refractivity contribution < 1.29 is 4.79 Å². The van der Waals surface area contributed by atoms with E-state index in [0.29, 0.717) is 0 Å². The molecule has 1 heteroatoms. The molecule has 0 saturated heterocycles. The maximum Gasteiger partial charge on any atom is 0.159 e. The molecule has 0 N–H and O–H groups in total. The summed E-state index contributed by atoms with van der Waals surface area (Å²) < 4.78 is 0. The molecule has 2 rings (SSSR count). The highest BCUT2D eigenvalue weighted by Crippen LogP contribution is 2.42. The number of Topliss-reactive ketones (excluding diaryl/α,β-unsaturated/α-hetero) is 1. The average Bonchev–Trinajstić information content (AvgIpc) is 2.32. The Morgan fingerprint density at radius 3 is 2.72 bits per heavy atom. The first-order valence-corrected chi connectivity index (χ1v) is 6.80. The molecule has 96 valence electrons. The summed E-state index contributed by atoms with van der Waals surface area (Å²) in [6, 6.07) is 6.20. The fourth-order valence-electron chi connectivity index (χ4n) is 2.79. The van der Waals surface area contributed by atoms with Crippen LogP contribution in [-0.2, 0) is 5.41 Å². The summed E-state index contributed by atoms with van der Waals surface area (Å²) in [5.74, 6) is 0.150. The molecule has 1 aromatic carbocycles. The second-order valence-electron chi connectivity index (χ2n) is 5.84. The second kappa shape index (κ2) is 4.72. The number of hydrogen-bond donors (Lipinski definition) is 0. The van der Waals surface area contributed by atoms with E-state index in [1.807, 2.05) is 6.07 Å². The Hall–Kier alpha value is -1.37. The lowest BCUT2D eigenvalue weighted by molar-refractivity contribution is 0.101. The zero-order valence-electron chi connectivity index (χ0n) is 11.8. The summed E-state index contributed by atoms with van der Waals surface area (Å²) in [6.45, 7) is 8.39. The number of rotatable bonds is 2. The maximum absolute atomic E-state index is 11.5. The van der Waals surface area contributed by atoms with Crippen LogP contribution < -0.4 is 0 Å². The molecule has 0 saturated carbocycles. The first-order chi connectivity index (χ1) is 8.45. The average molecular weight is 242 g/mol. The quantitative estimate of drug-likeness (QED) is 0.684. The normalized spacial score (nSPS) is 19.7. The van der Waals surface area contributed by atoms with E-state index in [-0.39, 0.29) is 11.2 Å². The van der Waals surface area contributed by atoms with Crippen LogP contribution in [0.4, 0.5) is 0 Å². The van der Waals surface area contributed by atoms with Crippen LogP contribution in [0.25, 0.3) is 5.57 Å². The summed E-state index contributed by atoms with van der Waals surface area (Å²) in [5, 5.41) is 0. The first-order valence-electron chi connectivity index (χ1n) is 6.80. The van der Waals surface area contributed by atoms with Gasteiger partial charge in [0.2, 0.25) is 0 Å². The minimum atomic E-state index is 0.150. The van der Waals surface area contributed by atoms with E-state index >= 15 is 0 Å². The van der Waals surface area contributed by atoms with Crippen molar-refractivity contribution in [2.45, 2.75) is 52.4 Å². The van der Waals surface area contributed by atoms with Crippen LogP contribution in [0.5, 0.6) is 0 Å². The fourth-order valence-corrected chi connectivity index (χ4v) is 2.79. The van der Waals surface area contributed by atoms with Gasteiger partial charge in [0.25, 0.3) is 0 Å². The van der Waals surface area contributed by atoms with Crippen molar-refractivity contribution in [1.82, 2.24) is 0 Å². The molecule has 0 aliphatic heterocycles. The zero-order valence-corrected chi connectivity index (χ0v) is 11.8. The summed E-state index contributed by atoms with van der Waals surface area (Å²) in [7, 11) is 0. The molecule has 0 bridgehead atoms. The van der Waals surface area contributed by atoms with E-state index in [2.05, 4.69) is 39.0 Å². The smallest absolute Gasteiger partial charge is 0.159 e. The molecule has 0 radical (unpaired) electrons. The standard InChI is InChI=1S/C17H22O/c1-5-6-13-9-10-17(3,4)16-8-7-14(12(2)18)11-15(13)16/h6-8,11H,5,9-10H2,1-4H3. The summed E-state index contributed by atoms with van der Waals surface area (Å²) >= 11 is 0. The van der Waals surface area contributed by atoms with Gasteiger partial charge in [0, 0.05) is 5.56 Å². The SMILES string of the molecule is CCC=C1CCC(C)(C)c2ccc(C(C)=O)cc21. The fraction of sp³-hybridized carbons (Fsp3) is 0.471. The molecule has 0 unspecified atom stereocenters. The lowest BCUT2D eigenvalue weighted by atomic mass is 9.70. The number of fused-ring (bicyclic) bond motifs is 1. The third kappa shape index (κ3) is 2.27. The Kier molecular flexibility index (Phi) is 3.43.